The molecule has 4 heteroatoms. The van der Waals surface area contributed by atoms with E-state index in [4.69, 9.17) is 12.2 Å². The Balaban J connectivity index is 1.63. The highest BCUT2D eigenvalue weighted by atomic mass is 32.1. The maximum atomic E-state index is 5.96. The molecule has 1 aliphatic rings. The first kappa shape index (κ1) is 20.0. The standard InChI is InChI=1S/C25H31N3S/c1-19-10-9-11-21(16-19)26-25(29)28(22-12-5-3-4-6-13-22)18-20-17-27(2)24-15-8-7-14-23(20)24/h7-11,14-17,22H,3-6,12-13,18H2,1-2H3,(H,26,29). The molecule has 1 aliphatic carbocycles. The van der Waals surface area contributed by atoms with Gasteiger partial charge in [-0.2, -0.15) is 0 Å². The zero-order valence-corrected chi connectivity index (χ0v) is 18.3. The molecule has 1 saturated carbocycles. The van der Waals surface area contributed by atoms with Crippen molar-refractivity contribution in [3.05, 3.63) is 65.9 Å². The molecule has 1 aromatic heterocycles. The van der Waals surface area contributed by atoms with Crippen molar-refractivity contribution in [2.45, 2.75) is 58.0 Å². The van der Waals surface area contributed by atoms with Crippen LogP contribution < -0.4 is 5.32 Å². The normalized spacial score (nSPS) is 15.2. The Kier molecular flexibility index (Phi) is 6.19. The van der Waals surface area contributed by atoms with Gasteiger partial charge in [0.1, 0.15) is 0 Å². The Labute approximate surface area is 179 Å². The molecule has 1 N–H and O–H groups in total. The summed E-state index contributed by atoms with van der Waals surface area (Å²) >= 11 is 5.96. The third kappa shape index (κ3) is 4.64. The van der Waals surface area contributed by atoms with Crippen LogP contribution in [0, 0.1) is 6.92 Å². The number of aryl methyl sites for hydroxylation is 2. The molecule has 0 aliphatic heterocycles. The lowest BCUT2D eigenvalue weighted by atomic mass is 10.1. The molecular formula is C25H31N3S. The fraction of sp³-hybridized carbons (Fsp3) is 0.400. The summed E-state index contributed by atoms with van der Waals surface area (Å²) in [4.78, 5) is 2.45. The van der Waals surface area contributed by atoms with Crippen LogP contribution in [0.3, 0.4) is 0 Å². The van der Waals surface area contributed by atoms with E-state index in [1.54, 1.807) is 0 Å². The average molecular weight is 406 g/mol. The molecule has 0 unspecified atom stereocenters. The fourth-order valence-electron chi connectivity index (χ4n) is 4.59. The topological polar surface area (TPSA) is 20.2 Å². The average Bonchev–Trinajstić information content (AvgIpc) is 2.87. The van der Waals surface area contributed by atoms with E-state index in [2.05, 4.69) is 83.5 Å². The zero-order valence-electron chi connectivity index (χ0n) is 17.5. The summed E-state index contributed by atoms with van der Waals surface area (Å²) in [5.74, 6) is 0. The number of hydrogen-bond donors (Lipinski definition) is 1. The van der Waals surface area contributed by atoms with Gasteiger partial charge in [0, 0.05) is 42.4 Å². The number of anilines is 1. The van der Waals surface area contributed by atoms with Gasteiger partial charge in [-0.25, -0.2) is 0 Å². The maximum absolute atomic E-state index is 5.96. The van der Waals surface area contributed by atoms with Gasteiger partial charge < -0.3 is 14.8 Å². The first-order valence-corrected chi connectivity index (χ1v) is 11.2. The van der Waals surface area contributed by atoms with E-state index in [1.807, 2.05) is 0 Å². The highest BCUT2D eigenvalue weighted by molar-refractivity contribution is 7.80. The zero-order chi connectivity index (χ0) is 20.2. The van der Waals surface area contributed by atoms with Gasteiger partial charge in [0.15, 0.2) is 5.11 Å². The smallest absolute Gasteiger partial charge is 0.173 e. The van der Waals surface area contributed by atoms with E-state index in [1.165, 1.54) is 60.6 Å². The van der Waals surface area contributed by atoms with Crippen molar-refractivity contribution in [1.82, 2.24) is 9.47 Å². The van der Waals surface area contributed by atoms with Gasteiger partial charge in [-0.3, -0.25) is 0 Å². The molecule has 0 bridgehead atoms. The summed E-state index contributed by atoms with van der Waals surface area (Å²) in [6, 6.07) is 17.6. The quantitative estimate of drug-likeness (QED) is 0.400. The second kappa shape index (κ2) is 9.00. The van der Waals surface area contributed by atoms with Crippen LogP contribution in [0.25, 0.3) is 10.9 Å². The van der Waals surface area contributed by atoms with E-state index >= 15 is 0 Å². The van der Waals surface area contributed by atoms with E-state index < -0.39 is 0 Å². The first-order valence-electron chi connectivity index (χ1n) is 10.8. The molecule has 4 rings (SSSR count). The highest BCUT2D eigenvalue weighted by Gasteiger charge is 2.24. The number of thiocarbonyl (C=S) groups is 1. The Morgan fingerprint density at radius 3 is 2.59 bits per heavy atom. The molecule has 0 spiro atoms. The molecule has 1 fully saturated rings. The third-order valence-electron chi connectivity index (χ3n) is 6.12. The van der Waals surface area contributed by atoms with E-state index in [-0.39, 0.29) is 0 Å². The van der Waals surface area contributed by atoms with Crippen molar-refractivity contribution < 1.29 is 0 Å². The molecule has 2 aromatic carbocycles. The summed E-state index contributed by atoms with van der Waals surface area (Å²) in [7, 11) is 2.13. The molecule has 0 amide bonds. The Morgan fingerprint density at radius 1 is 1.07 bits per heavy atom. The molecular weight excluding hydrogens is 374 g/mol. The molecule has 0 saturated heterocycles. The summed E-state index contributed by atoms with van der Waals surface area (Å²) in [6.45, 7) is 2.97. The fourth-order valence-corrected chi connectivity index (χ4v) is 4.92. The van der Waals surface area contributed by atoms with Crippen LogP contribution in [-0.2, 0) is 13.6 Å². The number of rotatable bonds is 4. The van der Waals surface area contributed by atoms with Crippen LogP contribution >= 0.6 is 12.2 Å². The van der Waals surface area contributed by atoms with Gasteiger partial charge in [0.05, 0.1) is 0 Å². The molecule has 0 atom stereocenters. The van der Waals surface area contributed by atoms with Gasteiger partial charge in [-0.15, -0.1) is 0 Å². The first-order chi connectivity index (χ1) is 14.1. The van der Waals surface area contributed by atoms with Crippen LogP contribution in [0.1, 0.15) is 49.7 Å². The molecule has 0 radical (unpaired) electrons. The van der Waals surface area contributed by atoms with E-state index in [0.717, 1.165) is 17.3 Å². The van der Waals surface area contributed by atoms with Crippen molar-refractivity contribution in [3.8, 4) is 0 Å². The predicted molar refractivity (Wildman–Crippen MR) is 127 cm³/mol. The SMILES string of the molecule is Cc1cccc(NC(=S)N(Cc2cn(C)c3ccccc23)C2CCCCCC2)c1. The van der Waals surface area contributed by atoms with Crippen LogP contribution in [0.15, 0.2) is 54.7 Å². The van der Waals surface area contributed by atoms with Crippen LogP contribution in [0.4, 0.5) is 5.69 Å². The minimum atomic E-state index is 0.501. The molecule has 1 heterocycles. The molecule has 152 valence electrons. The largest absolute Gasteiger partial charge is 0.350 e. The molecule has 3 nitrogen and oxygen atoms in total. The Hall–Kier alpha value is -2.33. The summed E-state index contributed by atoms with van der Waals surface area (Å²) in [6.07, 6.45) is 9.99. The van der Waals surface area contributed by atoms with Crippen molar-refractivity contribution in [3.63, 3.8) is 0 Å². The molecule has 29 heavy (non-hydrogen) atoms. The summed E-state index contributed by atoms with van der Waals surface area (Å²) in [5, 5.41) is 5.70. The van der Waals surface area contributed by atoms with Gasteiger partial charge in [-0.05, 0) is 61.3 Å². The number of nitrogens with one attached hydrogen (secondary N) is 1. The monoisotopic (exact) mass is 405 g/mol. The van der Waals surface area contributed by atoms with Crippen molar-refractivity contribution >= 4 is 33.9 Å². The minimum absolute atomic E-state index is 0.501. The third-order valence-corrected chi connectivity index (χ3v) is 6.45. The number of hydrogen-bond acceptors (Lipinski definition) is 1. The van der Waals surface area contributed by atoms with E-state index in [9.17, 15) is 0 Å². The lowest BCUT2D eigenvalue weighted by Gasteiger charge is -2.34. The minimum Gasteiger partial charge on any atom is -0.350 e. The second-order valence-corrected chi connectivity index (χ2v) is 8.74. The lowest BCUT2D eigenvalue weighted by molar-refractivity contribution is 0.281. The summed E-state index contributed by atoms with van der Waals surface area (Å²) < 4.78 is 2.23. The summed E-state index contributed by atoms with van der Waals surface area (Å²) in [5.41, 5.74) is 4.95. The van der Waals surface area contributed by atoms with Gasteiger partial charge in [0.25, 0.3) is 0 Å². The highest BCUT2D eigenvalue weighted by Crippen LogP contribution is 2.27. The Morgan fingerprint density at radius 2 is 1.83 bits per heavy atom. The van der Waals surface area contributed by atoms with Crippen LogP contribution in [-0.4, -0.2) is 20.6 Å². The van der Waals surface area contributed by atoms with Gasteiger partial charge in [-0.1, -0.05) is 56.0 Å². The number of nitrogens with zero attached hydrogens (tertiary/aromatic N) is 2. The van der Waals surface area contributed by atoms with E-state index in [0.29, 0.717) is 6.04 Å². The van der Waals surface area contributed by atoms with Gasteiger partial charge >= 0.3 is 0 Å². The lowest BCUT2D eigenvalue weighted by Crippen LogP contribution is -2.42. The maximum Gasteiger partial charge on any atom is 0.173 e. The van der Waals surface area contributed by atoms with Crippen LogP contribution in [0.2, 0.25) is 0 Å². The Bertz CT molecular complexity index is 983. The number of para-hydroxylation sites is 1. The molecule has 3 aromatic rings. The van der Waals surface area contributed by atoms with Crippen molar-refractivity contribution in [2.75, 3.05) is 5.32 Å². The number of aromatic nitrogens is 1. The second-order valence-electron chi connectivity index (χ2n) is 8.36. The van der Waals surface area contributed by atoms with Crippen molar-refractivity contribution in [2.24, 2.45) is 7.05 Å². The number of benzene rings is 2. The predicted octanol–water partition coefficient (Wildman–Crippen LogP) is 6.41. The number of fused-ring (bicyclic) bond motifs is 1. The van der Waals surface area contributed by atoms with Crippen LogP contribution in [0.5, 0.6) is 0 Å². The van der Waals surface area contributed by atoms with Crippen molar-refractivity contribution in [1.29, 1.82) is 0 Å². The van der Waals surface area contributed by atoms with Gasteiger partial charge in [0.2, 0.25) is 0 Å².